The lowest BCUT2D eigenvalue weighted by molar-refractivity contribution is -0.114. The molecule has 104 valence electrons. The molecule has 0 aromatic heterocycles. The van der Waals surface area contributed by atoms with Crippen molar-refractivity contribution < 1.29 is 17.6 Å². The van der Waals surface area contributed by atoms with E-state index >= 15 is 0 Å². The first-order valence-corrected chi connectivity index (χ1v) is 7.23. The van der Waals surface area contributed by atoms with Gasteiger partial charge in [-0.2, -0.15) is 0 Å². The number of carbonyl (C=O) groups excluding carboxylic acids is 1. The third kappa shape index (κ3) is 4.36. The van der Waals surface area contributed by atoms with Crippen LogP contribution < -0.4 is 10.5 Å². The number of anilines is 1. The highest BCUT2D eigenvalue weighted by molar-refractivity contribution is 7.92. The average molecular weight is 286 g/mol. The van der Waals surface area contributed by atoms with E-state index in [0.717, 1.165) is 12.3 Å². The van der Waals surface area contributed by atoms with Gasteiger partial charge in [-0.05, 0) is 24.1 Å². The number of nitrogens with two attached hydrogens (primary N) is 1. The number of primary amides is 1. The smallest absolute Gasteiger partial charge is 0.244 e. The highest BCUT2D eigenvalue weighted by Gasteiger charge is 2.13. The van der Waals surface area contributed by atoms with Crippen molar-refractivity contribution in [3.8, 4) is 0 Å². The van der Waals surface area contributed by atoms with Gasteiger partial charge in [0.1, 0.15) is 5.82 Å². The van der Waals surface area contributed by atoms with Gasteiger partial charge in [-0.1, -0.05) is 12.6 Å². The monoisotopic (exact) mass is 286 g/mol. The van der Waals surface area contributed by atoms with Gasteiger partial charge in [0.2, 0.25) is 15.9 Å². The SMILES string of the molecule is C=C(Cc1cc(C)c(NS(C)(=O)=O)c(F)c1)C(N)=O. The summed E-state index contributed by atoms with van der Waals surface area (Å²) in [5.41, 5.74) is 6.02. The summed E-state index contributed by atoms with van der Waals surface area (Å²) in [6.45, 7) is 5.04. The van der Waals surface area contributed by atoms with Crippen molar-refractivity contribution in [2.75, 3.05) is 11.0 Å². The van der Waals surface area contributed by atoms with E-state index in [2.05, 4.69) is 11.3 Å². The number of halogens is 1. The van der Waals surface area contributed by atoms with Crippen LogP contribution in [0.25, 0.3) is 0 Å². The molecule has 0 bridgehead atoms. The number of aryl methyl sites for hydroxylation is 1. The van der Waals surface area contributed by atoms with Crippen LogP contribution in [0.1, 0.15) is 11.1 Å². The van der Waals surface area contributed by atoms with E-state index in [1.165, 1.54) is 0 Å². The number of hydrogen-bond acceptors (Lipinski definition) is 3. The zero-order valence-electron chi connectivity index (χ0n) is 10.7. The third-order valence-corrected chi connectivity index (χ3v) is 2.98. The molecular weight excluding hydrogens is 271 g/mol. The minimum Gasteiger partial charge on any atom is -0.366 e. The van der Waals surface area contributed by atoms with Crippen LogP contribution in [0.15, 0.2) is 24.3 Å². The van der Waals surface area contributed by atoms with Crippen LogP contribution in [-0.4, -0.2) is 20.6 Å². The zero-order chi connectivity index (χ0) is 14.8. The molecule has 1 rings (SSSR count). The van der Waals surface area contributed by atoms with Gasteiger partial charge in [-0.25, -0.2) is 12.8 Å². The molecule has 0 atom stereocenters. The number of hydrogen-bond donors (Lipinski definition) is 2. The summed E-state index contributed by atoms with van der Waals surface area (Å²) in [4.78, 5) is 10.9. The predicted octanol–water partition coefficient (Wildman–Crippen LogP) is 1.09. The van der Waals surface area contributed by atoms with Crippen LogP contribution in [-0.2, 0) is 21.2 Å². The molecule has 7 heteroatoms. The van der Waals surface area contributed by atoms with Crippen molar-refractivity contribution in [3.05, 3.63) is 41.2 Å². The topological polar surface area (TPSA) is 89.3 Å². The minimum atomic E-state index is -3.55. The molecule has 0 aliphatic rings. The molecule has 0 aliphatic heterocycles. The molecule has 0 aliphatic carbocycles. The van der Waals surface area contributed by atoms with E-state index in [-0.39, 0.29) is 17.7 Å². The molecule has 0 spiro atoms. The number of carbonyl (C=O) groups is 1. The van der Waals surface area contributed by atoms with Crippen LogP contribution in [0.2, 0.25) is 0 Å². The molecule has 1 aromatic rings. The Labute approximate surface area is 111 Å². The lowest BCUT2D eigenvalue weighted by Crippen LogP contribution is -2.15. The molecular formula is C12H15FN2O3S. The van der Waals surface area contributed by atoms with Crippen molar-refractivity contribution in [2.24, 2.45) is 5.73 Å². The van der Waals surface area contributed by atoms with E-state index in [0.29, 0.717) is 11.1 Å². The molecule has 0 heterocycles. The number of benzene rings is 1. The normalized spacial score (nSPS) is 11.1. The van der Waals surface area contributed by atoms with Gasteiger partial charge < -0.3 is 5.73 Å². The summed E-state index contributed by atoms with van der Waals surface area (Å²) >= 11 is 0. The van der Waals surface area contributed by atoms with E-state index in [1.54, 1.807) is 13.0 Å². The van der Waals surface area contributed by atoms with Crippen molar-refractivity contribution in [2.45, 2.75) is 13.3 Å². The van der Waals surface area contributed by atoms with Crippen LogP contribution in [0.3, 0.4) is 0 Å². The van der Waals surface area contributed by atoms with Crippen molar-refractivity contribution in [1.82, 2.24) is 0 Å². The highest BCUT2D eigenvalue weighted by atomic mass is 32.2. The van der Waals surface area contributed by atoms with E-state index in [9.17, 15) is 17.6 Å². The number of sulfonamides is 1. The lowest BCUT2D eigenvalue weighted by atomic mass is 10.0. The Bertz CT molecular complexity index is 615. The van der Waals surface area contributed by atoms with Gasteiger partial charge in [0.15, 0.2) is 0 Å². The molecule has 1 amide bonds. The molecule has 3 N–H and O–H groups in total. The summed E-state index contributed by atoms with van der Waals surface area (Å²) in [7, 11) is -3.55. The Morgan fingerprint density at radius 1 is 1.47 bits per heavy atom. The maximum Gasteiger partial charge on any atom is 0.244 e. The summed E-state index contributed by atoms with van der Waals surface area (Å²) in [5, 5.41) is 0. The summed E-state index contributed by atoms with van der Waals surface area (Å²) in [5.74, 6) is -1.37. The first-order valence-electron chi connectivity index (χ1n) is 5.34. The molecule has 19 heavy (non-hydrogen) atoms. The molecule has 5 nitrogen and oxygen atoms in total. The number of nitrogens with one attached hydrogen (secondary N) is 1. The quantitative estimate of drug-likeness (QED) is 0.794. The van der Waals surface area contributed by atoms with Crippen LogP contribution >= 0.6 is 0 Å². The van der Waals surface area contributed by atoms with Crippen molar-refractivity contribution in [1.29, 1.82) is 0 Å². The van der Waals surface area contributed by atoms with Gasteiger partial charge in [0.05, 0.1) is 11.9 Å². The zero-order valence-corrected chi connectivity index (χ0v) is 11.5. The summed E-state index contributed by atoms with van der Waals surface area (Å²) in [6, 6.07) is 2.72. The molecule has 0 fully saturated rings. The van der Waals surface area contributed by atoms with Gasteiger partial charge in [0, 0.05) is 12.0 Å². The highest BCUT2D eigenvalue weighted by Crippen LogP contribution is 2.23. The van der Waals surface area contributed by atoms with E-state index < -0.39 is 21.7 Å². The molecule has 0 saturated heterocycles. The van der Waals surface area contributed by atoms with Crippen molar-refractivity contribution >= 4 is 21.6 Å². The third-order valence-electron chi connectivity index (χ3n) is 2.40. The standard InChI is InChI=1S/C12H15FN2O3S/c1-7-4-9(5-8(2)12(14)16)6-10(13)11(7)15-19(3,17)18/h4,6,15H,2,5H2,1,3H3,(H2,14,16). The van der Waals surface area contributed by atoms with Gasteiger partial charge in [-0.3, -0.25) is 9.52 Å². The van der Waals surface area contributed by atoms with Crippen molar-refractivity contribution in [3.63, 3.8) is 0 Å². The van der Waals surface area contributed by atoms with Crippen LogP contribution in [0, 0.1) is 12.7 Å². The van der Waals surface area contributed by atoms with Gasteiger partial charge in [-0.15, -0.1) is 0 Å². The average Bonchev–Trinajstić information content (AvgIpc) is 2.22. The Morgan fingerprint density at radius 2 is 2.05 bits per heavy atom. The molecule has 0 unspecified atom stereocenters. The summed E-state index contributed by atoms with van der Waals surface area (Å²) < 4.78 is 38.1. The Balaban J connectivity index is 3.10. The lowest BCUT2D eigenvalue weighted by Gasteiger charge is -2.11. The Kier molecular flexibility index (Phi) is 4.31. The predicted molar refractivity (Wildman–Crippen MR) is 71.6 cm³/mol. The fourth-order valence-electron chi connectivity index (χ4n) is 1.57. The van der Waals surface area contributed by atoms with E-state index in [1.807, 2.05) is 0 Å². The van der Waals surface area contributed by atoms with Gasteiger partial charge in [0.25, 0.3) is 0 Å². The maximum atomic E-state index is 13.8. The Hall–Kier alpha value is -1.89. The second-order valence-electron chi connectivity index (χ2n) is 4.29. The number of rotatable bonds is 5. The van der Waals surface area contributed by atoms with Crippen LogP contribution in [0.5, 0.6) is 0 Å². The van der Waals surface area contributed by atoms with E-state index in [4.69, 9.17) is 5.73 Å². The molecule has 1 aromatic carbocycles. The maximum absolute atomic E-state index is 13.8. The summed E-state index contributed by atoms with van der Waals surface area (Å²) in [6.07, 6.45) is 1.06. The van der Waals surface area contributed by atoms with Gasteiger partial charge >= 0.3 is 0 Å². The van der Waals surface area contributed by atoms with Crippen LogP contribution in [0.4, 0.5) is 10.1 Å². The Morgan fingerprint density at radius 3 is 2.47 bits per heavy atom. The fraction of sp³-hybridized carbons (Fsp3) is 0.250. The minimum absolute atomic E-state index is 0.101. The molecule has 0 radical (unpaired) electrons. The number of amides is 1. The molecule has 0 saturated carbocycles. The first-order chi connectivity index (χ1) is 8.60. The first kappa shape index (κ1) is 15.2. The fourth-order valence-corrected chi connectivity index (χ4v) is 2.19. The second-order valence-corrected chi connectivity index (χ2v) is 6.04. The second kappa shape index (κ2) is 5.40. The largest absolute Gasteiger partial charge is 0.366 e.